The number of imidazole rings is 1. The number of sulfonamides is 1. The van der Waals surface area contributed by atoms with E-state index < -0.39 is 31.6 Å². The number of hydrogen-bond acceptors (Lipinski definition) is 8. The second kappa shape index (κ2) is 8.88. The number of urea groups is 1. The highest BCUT2D eigenvalue weighted by molar-refractivity contribution is 7.90. The van der Waals surface area contributed by atoms with Crippen molar-refractivity contribution in [1.29, 1.82) is 0 Å². The van der Waals surface area contributed by atoms with E-state index in [0.717, 1.165) is 18.2 Å². The fourth-order valence-corrected chi connectivity index (χ4v) is 4.25. The molecule has 0 aliphatic rings. The Morgan fingerprint density at radius 2 is 2.00 bits per heavy atom. The highest BCUT2D eigenvalue weighted by atomic mass is 32.2. The summed E-state index contributed by atoms with van der Waals surface area (Å²) in [6, 6.07) is 3.39. The van der Waals surface area contributed by atoms with Crippen molar-refractivity contribution in [2.24, 2.45) is 14.1 Å². The Bertz CT molecular complexity index is 1440. The topological polar surface area (TPSA) is 163 Å². The summed E-state index contributed by atoms with van der Waals surface area (Å²) in [4.78, 5) is 38.0. The van der Waals surface area contributed by atoms with Crippen LogP contribution in [-0.2, 0) is 30.7 Å². The summed E-state index contributed by atoms with van der Waals surface area (Å²) in [6.07, 6.45) is 1.95. The molecule has 0 aliphatic carbocycles. The van der Waals surface area contributed by atoms with Crippen LogP contribution in [0.3, 0.4) is 0 Å². The second-order valence-corrected chi connectivity index (χ2v) is 8.85. The zero-order chi connectivity index (χ0) is 23.6. The minimum Gasteiger partial charge on any atom is -0.337 e. The molecule has 0 unspecified atom stereocenters. The molecule has 1 aromatic carbocycles. The molecule has 2 N–H and O–H groups in total. The van der Waals surface area contributed by atoms with E-state index >= 15 is 0 Å². The molecule has 0 bridgehead atoms. The highest BCUT2D eigenvalue weighted by Crippen LogP contribution is 2.17. The summed E-state index contributed by atoms with van der Waals surface area (Å²) in [5.41, 5.74) is 0.332. The van der Waals surface area contributed by atoms with Crippen LogP contribution in [0.25, 0.3) is 11.2 Å². The lowest BCUT2D eigenvalue weighted by Crippen LogP contribution is -2.40. The Balaban J connectivity index is 1.61. The fourth-order valence-electron chi connectivity index (χ4n) is 3.00. The summed E-state index contributed by atoms with van der Waals surface area (Å²) in [7, 11) is -1.12. The van der Waals surface area contributed by atoms with Gasteiger partial charge in [0.05, 0.1) is 16.1 Å². The molecule has 0 spiro atoms. The van der Waals surface area contributed by atoms with Crippen LogP contribution < -0.4 is 15.7 Å². The lowest BCUT2D eigenvalue weighted by Gasteiger charge is -2.10. The number of fused-ring (bicyclic) bond motifs is 1. The molecule has 2 heterocycles. The highest BCUT2D eigenvalue weighted by Gasteiger charge is 2.20. The molecule has 0 saturated carbocycles. The number of nitrogens with zero attached hydrogens (tertiary/aromatic N) is 5. The van der Waals surface area contributed by atoms with Gasteiger partial charge in [0.25, 0.3) is 15.7 Å². The van der Waals surface area contributed by atoms with E-state index in [0.29, 0.717) is 28.8 Å². The number of amides is 2. The van der Waals surface area contributed by atoms with Gasteiger partial charge in [0, 0.05) is 39.3 Å². The predicted molar refractivity (Wildman–Crippen MR) is 116 cm³/mol. The minimum absolute atomic E-state index is 0.126. The van der Waals surface area contributed by atoms with E-state index in [9.17, 15) is 28.1 Å². The van der Waals surface area contributed by atoms with E-state index in [4.69, 9.17) is 12.2 Å². The van der Waals surface area contributed by atoms with Crippen LogP contribution in [0.4, 0.5) is 10.5 Å². The largest absolute Gasteiger partial charge is 0.337 e. The molecule has 0 atom stereocenters. The van der Waals surface area contributed by atoms with Crippen molar-refractivity contribution >= 4 is 45.1 Å². The van der Waals surface area contributed by atoms with Gasteiger partial charge in [-0.2, -0.15) is 0 Å². The van der Waals surface area contributed by atoms with Crippen molar-refractivity contribution < 1.29 is 18.1 Å². The van der Waals surface area contributed by atoms with E-state index in [1.54, 1.807) is 18.7 Å². The second-order valence-electron chi connectivity index (χ2n) is 6.79. The van der Waals surface area contributed by atoms with Gasteiger partial charge in [0.15, 0.2) is 5.65 Å². The fraction of sp³-hybridized carbons (Fsp3) is 0.294. The number of benzene rings is 1. The summed E-state index contributed by atoms with van der Waals surface area (Å²) in [5.74, 6) is 0. The number of carbonyl (C=O) groups excluding carboxylic acids is 1. The van der Waals surface area contributed by atoms with Gasteiger partial charge in [0.1, 0.15) is 10.2 Å². The summed E-state index contributed by atoms with van der Waals surface area (Å²) in [5, 5.41) is 13.2. The van der Waals surface area contributed by atoms with Crippen LogP contribution in [0.5, 0.6) is 0 Å². The number of non-ortho nitro benzene ring substituents is 1. The first-order chi connectivity index (χ1) is 15.0. The summed E-state index contributed by atoms with van der Waals surface area (Å²) < 4.78 is 31.1. The molecule has 0 radical (unpaired) electrons. The average molecular weight is 482 g/mol. The Kier molecular flexibility index (Phi) is 6.40. The quantitative estimate of drug-likeness (QED) is 0.216. The van der Waals surface area contributed by atoms with Gasteiger partial charge in [-0.15, -0.1) is 0 Å². The molecular formula is C17H19N7O6S2. The first-order valence-corrected chi connectivity index (χ1v) is 11.1. The molecule has 13 nitrogen and oxygen atoms in total. The summed E-state index contributed by atoms with van der Waals surface area (Å²) in [6.45, 7) is 0.525. The summed E-state index contributed by atoms with van der Waals surface area (Å²) >= 11 is 5.34. The van der Waals surface area contributed by atoms with Gasteiger partial charge in [-0.1, -0.05) is 18.3 Å². The lowest BCUT2D eigenvalue weighted by molar-refractivity contribution is -0.385. The van der Waals surface area contributed by atoms with Crippen molar-refractivity contribution in [2.45, 2.75) is 17.9 Å². The number of nitro groups is 1. The van der Waals surface area contributed by atoms with Crippen LogP contribution in [0, 0.1) is 14.8 Å². The van der Waals surface area contributed by atoms with Crippen LogP contribution >= 0.6 is 12.2 Å². The van der Waals surface area contributed by atoms with Crippen molar-refractivity contribution in [1.82, 2.24) is 28.7 Å². The molecule has 32 heavy (non-hydrogen) atoms. The van der Waals surface area contributed by atoms with Gasteiger partial charge in [-0.3, -0.25) is 19.2 Å². The molecule has 3 aromatic rings. The maximum atomic E-state index is 12.3. The van der Waals surface area contributed by atoms with Crippen molar-refractivity contribution in [2.75, 3.05) is 6.54 Å². The van der Waals surface area contributed by atoms with Gasteiger partial charge in [0.2, 0.25) is 0 Å². The van der Waals surface area contributed by atoms with Crippen LogP contribution in [-0.4, -0.2) is 44.6 Å². The lowest BCUT2D eigenvalue weighted by atomic mass is 10.3. The first kappa shape index (κ1) is 23.1. The van der Waals surface area contributed by atoms with E-state index in [1.165, 1.54) is 21.5 Å². The Morgan fingerprint density at radius 3 is 2.69 bits per heavy atom. The maximum absolute atomic E-state index is 12.3. The zero-order valence-corrected chi connectivity index (χ0v) is 18.6. The van der Waals surface area contributed by atoms with Gasteiger partial charge >= 0.3 is 11.7 Å². The number of aryl methyl sites for hydroxylation is 2. The first-order valence-electron chi connectivity index (χ1n) is 9.19. The Labute approximate surface area is 186 Å². The zero-order valence-electron chi connectivity index (χ0n) is 17.0. The van der Waals surface area contributed by atoms with E-state index in [2.05, 4.69) is 10.3 Å². The third-order valence-electron chi connectivity index (χ3n) is 4.64. The molecule has 0 fully saturated rings. The molecule has 2 aromatic heterocycles. The minimum atomic E-state index is -4.27. The number of hydrogen-bond donors (Lipinski definition) is 2. The number of nitrogens with one attached hydrogen (secondary N) is 2. The number of rotatable bonds is 7. The number of nitro benzene ring substituents is 1. The number of carbonyl (C=O) groups is 1. The van der Waals surface area contributed by atoms with Crippen molar-refractivity contribution in [3.8, 4) is 0 Å². The SMILES string of the molecule is Cn1c(=S)c2c(ncn2CCCNC(=O)NS(=O)(=O)c2cccc([N+](=O)[O-])c2)n(C)c1=O. The normalized spacial score (nSPS) is 11.4. The van der Waals surface area contributed by atoms with Crippen molar-refractivity contribution in [3.63, 3.8) is 0 Å². The Morgan fingerprint density at radius 1 is 1.28 bits per heavy atom. The molecule has 15 heteroatoms. The number of aromatic nitrogens is 4. The molecule has 3 rings (SSSR count). The van der Waals surface area contributed by atoms with Crippen LogP contribution in [0.1, 0.15) is 6.42 Å². The molecule has 0 aliphatic heterocycles. The molecule has 0 saturated heterocycles. The molecular weight excluding hydrogens is 462 g/mol. The third-order valence-corrected chi connectivity index (χ3v) is 6.44. The van der Waals surface area contributed by atoms with Crippen LogP contribution in [0.2, 0.25) is 0 Å². The molecule has 2 amide bonds. The van der Waals surface area contributed by atoms with Crippen molar-refractivity contribution in [3.05, 3.63) is 55.8 Å². The van der Waals surface area contributed by atoms with Gasteiger partial charge in [-0.05, 0) is 12.5 Å². The standard InChI is InChI=1S/C17H19N7O6S2/c1-21-14-13(15(31)22(2)17(21)26)23(10-19-14)8-4-7-18-16(25)20-32(29,30)12-6-3-5-11(9-12)24(27)28/h3,5-6,9-10H,4,7-8H2,1-2H3,(H2,18,20,25). The van der Waals surface area contributed by atoms with Crippen LogP contribution in [0.15, 0.2) is 40.3 Å². The van der Waals surface area contributed by atoms with E-state index in [1.807, 2.05) is 4.72 Å². The monoisotopic (exact) mass is 481 g/mol. The Hall–Kier alpha value is -3.59. The molecule has 170 valence electrons. The van der Waals surface area contributed by atoms with Gasteiger partial charge in [-0.25, -0.2) is 27.7 Å². The average Bonchev–Trinajstić information content (AvgIpc) is 3.17. The smallest absolute Gasteiger partial charge is 0.330 e. The van der Waals surface area contributed by atoms with Gasteiger partial charge < -0.3 is 9.88 Å². The van der Waals surface area contributed by atoms with E-state index in [-0.39, 0.29) is 12.2 Å². The third kappa shape index (κ3) is 4.52. The maximum Gasteiger partial charge on any atom is 0.330 e. The predicted octanol–water partition coefficient (Wildman–Crippen LogP) is 0.789.